The number of anilines is 2. The summed E-state index contributed by atoms with van der Waals surface area (Å²) in [5.41, 5.74) is 1.03. The van der Waals surface area contributed by atoms with Gasteiger partial charge in [-0.3, -0.25) is 0 Å². The fourth-order valence-electron chi connectivity index (χ4n) is 3.96. The van der Waals surface area contributed by atoms with Gasteiger partial charge < -0.3 is 10.2 Å². The summed E-state index contributed by atoms with van der Waals surface area (Å²) in [6.45, 7) is 5.36. The second-order valence-corrected chi connectivity index (χ2v) is 8.69. The number of halogens is 1. The monoisotopic (exact) mass is 440 g/mol. The van der Waals surface area contributed by atoms with E-state index in [1.165, 1.54) is 30.5 Å². The summed E-state index contributed by atoms with van der Waals surface area (Å²) in [5.74, 6) is 3.01. The summed E-state index contributed by atoms with van der Waals surface area (Å²) in [6, 6.07) is 3.95. The molecule has 1 saturated heterocycles. The van der Waals surface area contributed by atoms with Gasteiger partial charge in [0.1, 0.15) is 0 Å². The van der Waals surface area contributed by atoms with Crippen molar-refractivity contribution in [3.63, 3.8) is 0 Å². The lowest BCUT2D eigenvalue weighted by Gasteiger charge is -2.32. The van der Waals surface area contributed by atoms with Gasteiger partial charge in [-0.1, -0.05) is 31.4 Å². The molecule has 0 bridgehead atoms. The normalized spacial score (nSPS) is 15.7. The van der Waals surface area contributed by atoms with Crippen molar-refractivity contribution >= 4 is 23.2 Å². The lowest BCUT2D eigenvalue weighted by molar-refractivity contribution is 0.339. The maximum absolute atomic E-state index is 5.88. The molecule has 0 amide bonds. The number of nitrogens with one attached hydrogen (secondary N) is 1. The lowest BCUT2D eigenvalue weighted by Crippen LogP contribution is -2.34. The van der Waals surface area contributed by atoms with E-state index in [4.69, 9.17) is 11.6 Å². The highest BCUT2D eigenvalue weighted by Gasteiger charge is 2.21. The summed E-state index contributed by atoms with van der Waals surface area (Å²) in [4.78, 5) is 16.9. The minimum Gasteiger partial charge on any atom is -0.384 e. The Hall–Kier alpha value is -2.74. The number of hydrogen-bond donors (Lipinski definition) is 1. The van der Waals surface area contributed by atoms with Gasteiger partial charge in [-0.25, -0.2) is 15.0 Å². The summed E-state index contributed by atoms with van der Waals surface area (Å²) < 4.78 is 0. The van der Waals surface area contributed by atoms with Crippen LogP contribution in [0.5, 0.6) is 0 Å². The van der Waals surface area contributed by atoms with Gasteiger partial charge in [0.15, 0.2) is 5.82 Å². The molecular weight excluding hydrogens is 412 g/mol. The van der Waals surface area contributed by atoms with Crippen molar-refractivity contribution < 1.29 is 0 Å². The number of hydrogen-bond acceptors (Lipinski definition) is 7. The predicted octanol–water partition coefficient (Wildman–Crippen LogP) is 4.24. The molecule has 1 fully saturated rings. The molecule has 4 rings (SSSR count). The molecule has 1 aliphatic rings. The molecule has 1 aliphatic heterocycles. The van der Waals surface area contributed by atoms with Crippen molar-refractivity contribution in [2.45, 2.75) is 39.0 Å². The maximum Gasteiger partial charge on any atom is 0.225 e. The number of nitrogens with zero attached hydrogens (tertiary/aromatic N) is 7. The van der Waals surface area contributed by atoms with Gasteiger partial charge in [-0.15, -0.1) is 4.80 Å². The van der Waals surface area contributed by atoms with Crippen LogP contribution in [0.2, 0.25) is 5.02 Å². The molecule has 1 N–H and O–H groups in total. The van der Waals surface area contributed by atoms with Gasteiger partial charge in [0, 0.05) is 19.6 Å². The Kier molecular flexibility index (Phi) is 7.30. The Morgan fingerprint density at radius 2 is 1.77 bits per heavy atom. The quantitative estimate of drug-likeness (QED) is 0.532. The van der Waals surface area contributed by atoms with Gasteiger partial charge in [0.2, 0.25) is 5.95 Å². The smallest absolute Gasteiger partial charge is 0.225 e. The third-order valence-electron chi connectivity index (χ3n) is 5.91. The summed E-state index contributed by atoms with van der Waals surface area (Å²) in [6.07, 6.45) is 14.6. The van der Waals surface area contributed by atoms with Crippen LogP contribution in [-0.2, 0) is 0 Å². The van der Waals surface area contributed by atoms with Crippen LogP contribution >= 0.6 is 11.6 Å². The second-order valence-electron chi connectivity index (χ2n) is 8.25. The highest BCUT2D eigenvalue weighted by molar-refractivity contribution is 6.30. The largest absolute Gasteiger partial charge is 0.384 e. The predicted molar refractivity (Wildman–Crippen MR) is 123 cm³/mol. The van der Waals surface area contributed by atoms with Gasteiger partial charge in [0.25, 0.3) is 0 Å². The van der Waals surface area contributed by atoms with Crippen molar-refractivity contribution in [2.24, 2.45) is 11.8 Å². The van der Waals surface area contributed by atoms with E-state index < -0.39 is 0 Å². The average molecular weight is 441 g/mol. The molecule has 3 aromatic heterocycles. The number of aromatic nitrogens is 6. The first-order valence-electron chi connectivity index (χ1n) is 11.0. The van der Waals surface area contributed by atoms with Crippen LogP contribution in [0.3, 0.4) is 0 Å². The van der Waals surface area contributed by atoms with Gasteiger partial charge >= 0.3 is 0 Å². The second kappa shape index (κ2) is 10.5. The number of pyridine rings is 1. The molecule has 0 aliphatic carbocycles. The van der Waals surface area contributed by atoms with Crippen LogP contribution in [0.1, 0.15) is 39.0 Å². The van der Waals surface area contributed by atoms with Crippen molar-refractivity contribution in [3.05, 3.63) is 48.1 Å². The topological polar surface area (TPSA) is 84.7 Å². The average Bonchev–Trinajstić information content (AvgIpc) is 3.34. The van der Waals surface area contributed by atoms with E-state index in [1.54, 1.807) is 24.8 Å². The molecule has 164 valence electrons. The SMILES string of the molecule is C[C@@H](CCNc1ccc(-n2nccn2)nc1)CCC1CCN(c2ncc(Cl)cn2)CC1. The van der Waals surface area contributed by atoms with Crippen molar-refractivity contribution in [1.29, 1.82) is 0 Å². The van der Waals surface area contributed by atoms with E-state index in [0.29, 0.717) is 10.9 Å². The van der Waals surface area contributed by atoms with Crippen molar-refractivity contribution in [1.82, 2.24) is 29.9 Å². The molecule has 31 heavy (non-hydrogen) atoms. The van der Waals surface area contributed by atoms with Crippen molar-refractivity contribution in [2.75, 3.05) is 29.9 Å². The number of rotatable bonds is 9. The molecular formula is C22H29ClN8. The van der Waals surface area contributed by atoms with Crippen LogP contribution in [-0.4, -0.2) is 49.6 Å². The van der Waals surface area contributed by atoms with Crippen LogP contribution in [0.4, 0.5) is 11.6 Å². The van der Waals surface area contributed by atoms with E-state index in [1.807, 2.05) is 18.3 Å². The minimum absolute atomic E-state index is 0.585. The van der Waals surface area contributed by atoms with Crippen LogP contribution in [0, 0.1) is 11.8 Å². The van der Waals surface area contributed by atoms with Gasteiger partial charge in [-0.05, 0) is 43.2 Å². The first-order valence-corrected chi connectivity index (χ1v) is 11.3. The Morgan fingerprint density at radius 1 is 1.03 bits per heavy atom. The summed E-state index contributed by atoms with van der Waals surface area (Å²) >= 11 is 5.88. The lowest BCUT2D eigenvalue weighted by atomic mass is 9.88. The van der Waals surface area contributed by atoms with Crippen LogP contribution < -0.4 is 10.2 Å². The molecule has 0 spiro atoms. The third kappa shape index (κ3) is 6.13. The van der Waals surface area contributed by atoms with Gasteiger partial charge in [0.05, 0.1) is 41.7 Å². The fraction of sp³-hybridized carbons (Fsp3) is 0.500. The Morgan fingerprint density at radius 3 is 2.45 bits per heavy atom. The highest BCUT2D eigenvalue weighted by atomic mass is 35.5. The van der Waals surface area contributed by atoms with E-state index in [9.17, 15) is 0 Å². The van der Waals surface area contributed by atoms with E-state index in [2.05, 4.69) is 42.3 Å². The molecule has 4 heterocycles. The molecule has 8 nitrogen and oxygen atoms in total. The molecule has 9 heteroatoms. The maximum atomic E-state index is 5.88. The van der Waals surface area contributed by atoms with E-state index >= 15 is 0 Å². The van der Waals surface area contributed by atoms with Crippen LogP contribution in [0.15, 0.2) is 43.1 Å². The highest BCUT2D eigenvalue weighted by Crippen LogP contribution is 2.26. The molecule has 1 atom stereocenters. The first kappa shape index (κ1) is 21.5. The zero-order chi connectivity index (χ0) is 21.5. The zero-order valence-electron chi connectivity index (χ0n) is 17.9. The van der Waals surface area contributed by atoms with E-state index in [0.717, 1.165) is 49.4 Å². The Balaban J connectivity index is 1.12. The standard InChI is InChI=1S/C22H29ClN8/c1-17(6-9-24-20-4-5-21(25-16-20)31-28-10-11-29-31)2-3-18-7-12-30(13-8-18)22-26-14-19(23)15-27-22/h4-5,10-11,14-18,24H,2-3,6-9,12-13H2,1H3/t17-/m1/s1. The molecule has 0 radical (unpaired) electrons. The third-order valence-corrected chi connectivity index (χ3v) is 6.10. The summed E-state index contributed by atoms with van der Waals surface area (Å²) in [5, 5.41) is 12.2. The number of piperidine rings is 1. The Bertz CT molecular complexity index is 906. The first-order chi connectivity index (χ1) is 15.2. The summed E-state index contributed by atoms with van der Waals surface area (Å²) in [7, 11) is 0. The van der Waals surface area contributed by atoms with E-state index in [-0.39, 0.29) is 0 Å². The fourth-order valence-corrected chi connectivity index (χ4v) is 4.06. The van der Waals surface area contributed by atoms with Gasteiger partial charge in [-0.2, -0.15) is 10.2 Å². The van der Waals surface area contributed by atoms with Crippen molar-refractivity contribution in [3.8, 4) is 5.82 Å². The van der Waals surface area contributed by atoms with Crippen LogP contribution in [0.25, 0.3) is 5.82 Å². The zero-order valence-corrected chi connectivity index (χ0v) is 18.6. The minimum atomic E-state index is 0.585. The molecule has 3 aromatic rings. The molecule has 0 unspecified atom stereocenters. The molecule has 0 aromatic carbocycles. The Labute approximate surface area is 188 Å². The molecule has 0 saturated carbocycles.